The predicted molar refractivity (Wildman–Crippen MR) is 109 cm³/mol. The van der Waals surface area contributed by atoms with Gasteiger partial charge in [-0.15, -0.1) is 0 Å². The SMILES string of the molecule is CC(C)CCCCCCNC(=S)Nc1cccc(S(=O)(=O)N(C)C)c1. The molecule has 0 bridgehead atoms. The predicted octanol–water partition coefficient (Wildman–Crippen LogP) is 3.83. The first-order valence-corrected chi connectivity index (χ1v) is 10.7. The molecule has 5 nitrogen and oxygen atoms in total. The van der Waals surface area contributed by atoms with Gasteiger partial charge in [-0.05, 0) is 42.8 Å². The van der Waals surface area contributed by atoms with E-state index in [0.29, 0.717) is 10.8 Å². The average Bonchev–Trinajstić information content (AvgIpc) is 2.53. The van der Waals surface area contributed by atoms with E-state index in [1.165, 1.54) is 44.1 Å². The second kappa shape index (κ2) is 10.7. The van der Waals surface area contributed by atoms with Crippen molar-refractivity contribution in [3.05, 3.63) is 24.3 Å². The highest BCUT2D eigenvalue weighted by Crippen LogP contribution is 2.17. The molecule has 7 heteroatoms. The van der Waals surface area contributed by atoms with Crippen molar-refractivity contribution in [1.82, 2.24) is 9.62 Å². The lowest BCUT2D eigenvalue weighted by Gasteiger charge is -2.14. The molecule has 0 radical (unpaired) electrons. The fourth-order valence-corrected chi connectivity index (χ4v) is 3.52. The summed E-state index contributed by atoms with van der Waals surface area (Å²) in [7, 11) is -0.408. The monoisotopic (exact) mass is 385 g/mol. The minimum Gasteiger partial charge on any atom is -0.362 e. The molecule has 0 heterocycles. The van der Waals surface area contributed by atoms with Crippen LogP contribution in [-0.2, 0) is 10.0 Å². The Hall–Kier alpha value is -1.18. The van der Waals surface area contributed by atoms with Crippen LogP contribution in [0.15, 0.2) is 29.2 Å². The van der Waals surface area contributed by atoms with Gasteiger partial charge in [0.15, 0.2) is 5.11 Å². The number of benzene rings is 1. The van der Waals surface area contributed by atoms with Gasteiger partial charge in [-0.25, -0.2) is 12.7 Å². The van der Waals surface area contributed by atoms with Gasteiger partial charge in [-0.2, -0.15) is 0 Å². The third kappa shape index (κ3) is 8.16. The summed E-state index contributed by atoms with van der Waals surface area (Å²) >= 11 is 5.28. The van der Waals surface area contributed by atoms with Crippen molar-refractivity contribution in [3.63, 3.8) is 0 Å². The van der Waals surface area contributed by atoms with E-state index in [-0.39, 0.29) is 4.90 Å². The highest BCUT2D eigenvalue weighted by atomic mass is 32.2. The van der Waals surface area contributed by atoms with Gasteiger partial charge in [0.05, 0.1) is 4.90 Å². The fourth-order valence-electron chi connectivity index (χ4n) is 2.35. The van der Waals surface area contributed by atoms with Gasteiger partial charge in [0.2, 0.25) is 10.0 Å². The Morgan fingerprint density at radius 2 is 1.84 bits per heavy atom. The van der Waals surface area contributed by atoms with Crippen molar-refractivity contribution in [2.45, 2.75) is 50.8 Å². The van der Waals surface area contributed by atoms with Crippen LogP contribution in [0, 0.1) is 5.92 Å². The maximum atomic E-state index is 12.2. The number of thiocarbonyl (C=S) groups is 1. The molecular weight excluding hydrogens is 354 g/mol. The molecule has 0 atom stereocenters. The van der Waals surface area contributed by atoms with Gasteiger partial charge in [0, 0.05) is 26.3 Å². The number of hydrogen-bond acceptors (Lipinski definition) is 3. The van der Waals surface area contributed by atoms with E-state index >= 15 is 0 Å². The quantitative estimate of drug-likeness (QED) is 0.473. The molecule has 0 aromatic heterocycles. The topological polar surface area (TPSA) is 61.4 Å². The second-order valence-corrected chi connectivity index (χ2v) is 9.35. The number of nitrogens with zero attached hydrogens (tertiary/aromatic N) is 1. The number of nitrogens with one attached hydrogen (secondary N) is 2. The van der Waals surface area contributed by atoms with Crippen LogP contribution in [0.1, 0.15) is 46.0 Å². The second-order valence-electron chi connectivity index (χ2n) is 6.79. The Morgan fingerprint density at radius 1 is 1.16 bits per heavy atom. The molecule has 1 aromatic carbocycles. The Balaban J connectivity index is 2.38. The molecule has 1 aromatic rings. The van der Waals surface area contributed by atoms with E-state index in [0.717, 1.165) is 18.9 Å². The van der Waals surface area contributed by atoms with E-state index < -0.39 is 10.0 Å². The molecule has 0 aliphatic rings. The highest BCUT2D eigenvalue weighted by Gasteiger charge is 2.17. The maximum absolute atomic E-state index is 12.2. The minimum atomic E-state index is -3.44. The van der Waals surface area contributed by atoms with Gasteiger partial charge in [-0.3, -0.25) is 0 Å². The molecular formula is C18H31N3O2S2. The molecule has 0 aliphatic carbocycles. The third-order valence-corrected chi connectivity index (χ3v) is 5.92. The molecule has 2 N–H and O–H groups in total. The molecule has 0 aliphatic heterocycles. The van der Waals surface area contributed by atoms with Crippen LogP contribution in [0.3, 0.4) is 0 Å². The number of anilines is 1. The third-order valence-electron chi connectivity index (χ3n) is 3.86. The lowest BCUT2D eigenvalue weighted by atomic mass is 10.0. The highest BCUT2D eigenvalue weighted by molar-refractivity contribution is 7.89. The van der Waals surface area contributed by atoms with Crippen molar-refractivity contribution in [3.8, 4) is 0 Å². The smallest absolute Gasteiger partial charge is 0.242 e. The molecule has 0 spiro atoms. The van der Waals surface area contributed by atoms with E-state index in [4.69, 9.17) is 12.2 Å². The fraction of sp³-hybridized carbons (Fsp3) is 0.611. The summed E-state index contributed by atoms with van der Waals surface area (Å²) in [5.74, 6) is 0.780. The van der Waals surface area contributed by atoms with Gasteiger partial charge in [0.25, 0.3) is 0 Å². The van der Waals surface area contributed by atoms with Crippen molar-refractivity contribution < 1.29 is 8.42 Å². The van der Waals surface area contributed by atoms with Gasteiger partial charge >= 0.3 is 0 Å². The Labute approximate surface area is 158 Å². The van der Waals surface area contributed by atoms with Gasteiger partial charge < -0.3 is 10.6 Å². The zero-order chi connectivity index (χ0) is 18.9. The number of sulfonamides is 1. The zero-order valence-electron chi connectivity index (χ0n) is 15.7. The molecule has 1 rings (SSSR count). The molecule has 0 saturated carbocycles. The lowest BCUT2D eigenvalue weighted by Crippen LogP contribution is -2.29. The van der Waals surface area contributed by atoms with Crippen LogP contribution >= 0.6 is 12.2 Å². The minimum absolute atomic E-state index is 0.246. The summed E-state index contributed by atoms with van der Waals surface area (Å²) in [6.45, 7) is 5.33. The summed E-state index contributed by atoms with van der Waals surface area (Å²) in [5, 5.41) is 6.74. The van der Waals surface area contributed by atoms with E-state index in [1.807, 2.05) is 0 Å². The number of rotatable bonds is 10. The number of unbranched alkanes of at least 4 members (excludes halogenated alkanes) is 3. The lowest BCUT2D eigenvalue weighted by molar-refractivity contribution is 0.519. The van der Waals surface area contributed by atoms with E-state index in [2.05, 4.69) is 24.5 Å². The summed E-state index contributed by atoms with van der Waals surface area (Å²) < 4.78 is 25.5. The summed E-state index contributed by atoms with van der Waals surface area (Å²) in [4.78, 5) is 0.246. The maximum Gasteiger partial charge on any atom is 0.242 e. The van der Waals surface area contributed by atoms with Gasteiger partial charge in [0.1, 0.15) is 0 Å². The first-order valence-electron chi connectivity index (χ1n) is 8.81. The van der Waals surface area contributed by atoms with Crippen LogP contribution in [0.5, 0.6) is 0 Å². The molecule has 0 fully saturated rings. The molecule has 0 amide bonds. The van der Waals surface area contributed by atoms with Crippen molar-refractivity contribution in [2.75, 3.05) is 26.0 Å². The van der Waals surface area contributed by atoms with Crippen molar-refractivity contribution in [1.29, 1.82) is 0 Å². The Bertz CT molecular complexity index is 643. The first-order chi connectivity index (χ1) is 11.7. The average molecular weight is 386 g/mol. The van der Waals surface area contributed by atoms with Crippen molar-refractivity contribution >= 4 is 33.0 Å². The normalized spacial score (nSPS) is 11.8. The van der Waals surface area contributed by atoms with Crippen LogP contribution in [-0.4, -0.2) is 38.5 Å². The molecule has 142 valence electrons. The van der Waals surface area contributed by atoms with E-state index in [1.54, 1.807) is 24.3 Å². The Morgan fingerprint density at radius 3 is 2.48 bits per heavy atom. The molecule has 25 heavy (non-hydrogen) atoms. The van der Waals surface area contributed by atoms with E-state index in [9.17, 15) is 8.42 Å². The molecule has 0 saturated heterocycles. The van der Waals surface area contributed by atoms with Gasteiger partial charge in [-0.1, -0.05) is 45.6 Å². The van der Waals surface area contributed by atoms with Crippen LogP contribution in [0.25, 0.3) is 0 Å². The largest absolute Gasteiger partial charge is 0.362 e. The van der Waals surface area contributed by atoms with Crippen LogP contribution < -0.4 is 10.6 Å². The van der Waals surface area contributed by atoms with Crippen LogP contribution in [0.4, 0.5) is 5.69 Å². The summed E-state index contributed by atoms with van der Waals surface area (Å²) in [5.41, 5.74) is 0.664. The number of hydrogen-bond donors (Lipinski definition) is 2. The van der Waals surface area contributed by atoms with Crippen LogP contribution in [0.2, 0.25) is 0 Å². The standard InChI is InChI=1S/C18H31N3O2S2/c1-15(2)10-7-5-6-8-13-19-18(24)20-16-11-9-12-17(14-16)25(22,23)21(3)4/h9,11-12,14-15H,5-8,10,13H2,1-4H3,(H2,19,20,24). The first kappa shape index (κ1) is 21.9. The molecule has 0 unspecified atom stereocenters. The van der Waals surface area contributed by atoms with Crippen molar-refractivity contribution in [2.24, 2.45) is 5.92 Å². The zero-order valence-corrected chi connectivity index (χ0v) is 17.3. The summed E-state index contributed by atoms with van der Waals surface area (Å²) in [6, 6.07) is 6.67. The Kier molecular flexibility index (Phi) is 9.38. The summed E-state index contributed by atoms with van der Waals surface area (Å²) in [6.07, 6.45) is 6.10.